The van der Waals surface area contributed by atoms with Crippen LogP contribution in [0.4, 0.5) is 5.82 Å². The smallest absolute Gasteiger partial charge is 0.132 e. The van der Waals surface area contributed by atoms with Crippen molar-refractivity contribution in [2.24, 2.45) is 0 Å². The lowest BCUT2D eigenvalue weighted by molar-refractivity contribution is 0.622. The molecule has 3 nitrogen and oxygen atoms in total. The van der Waals surface area contributed by atoms with Crippen LogP contribution in [0.2, 0.25) is 0 Å². The number of nitrogen functional groups attached to an aromatic ring is 1. The van der Waals surface area contributed by atoms with Crippen molar-refractivity contribution in [1.29, 1.82) is 0 Å². The molecule has 0 bridgehead atoms. The monoisotopic (exact) mass is 265 g/mol. The third-order valence-electron chi connectivity index (χ3n) is 4.05. The van der Waals surface area contributed by atoms with E-state index in [4.69, 9.17) is 17.1 Å². The Morgan fingerprint density at radius 2 is 1.95 bits per heavy atom. The fraction of sp³-hybridized carbons (Fsp3) is 0.353. The third kappa shape index (κ3) is 2.18. The van der Waals surface area contributed by atoms with Gasteiger partial charge in [-0.15, -0.1) is 6.42 Å². The maximum atomic E-state index is 6.29. The van der Waals surface area contributed by atoms with Crippen LogP contribution in [0, 0.1) is 12.3 Å². The number of benzene rings is 1. The highest BCUT2D eigenvalue weighted by molar-refractivity contribution is 5.71. The normalized spacial score (nSPS) is 15.3. The number of imidazole rings is 1. The second-order valence-corrected chi connectivity index (χ2v) is 5.34. The van der Waals surface area contributed by atoms with Crippen LogP contribution in [0.15, 0.2) is 30.3 Å². The largest absolute Gasteiger partial charge is 0.383 e. The number of nitrogens with zero attached hydrogens (tertiary/aromatic N) is 2. The minimum atomic E-state index is 0.498. The molecule has 0 aliphatic heterocycles. The lowest BCUT2D eigenvalue weighted by atomic mass is 10.1. The van der Waals surface area contributed by atoms with Gasteiger partial charge in [0, 0.05) is 11.5 Å². The number of nitrogens with two attached hydrogens (primary N) is 1. The molecule has 0 radical (unpaired) electrons. The molecular weight excluding hydrogens is 246 g/mol. The Kier molecular flexibility index (Phi) is 3.47. The molecule has 3 heteroatoms. The summed E-state index contributed by atoms with van der Waals surface area (Å²) in [7, 11) is 0. The van der Waals surface area contributed by atoms with E-state index < -0.39 is 0 Å². The Labute approximate surface area is 119 Å². The minimum absolute atomic E-state index is 0.498. The molecule has 1 saturated carbocycles. The standard InChI is InChI=1S/C17H19N3/c1-2-12-20-16(18)15(13-8-4-3-5-9-13)19-17(20)14-10-6-7-11-14/h1,3-5,8-9,14H,6-7,10-12,18H2. The van der Waals surface area contributed by atoms with E-state index in [9.17, 15) is 0 Å². The summed E-state index contributed by atoms with van der Waals surface area (Å²) in [5.41, 5.74) is 8.21. The molecule has 1 aliphatic carbocycles. The Balaban J connectivity index is 2.08. The van der Waals surface area contributed by atoms with Crippen LogP contribution in [-0.4, -0.2) is 9.55 Å². The van der Waals surface area contributed by atoms with E-state index in [1.54, 1.807) is 0 Å². The van der Waals surface area contributed by atoms with Gasteiger partial charge in [0.15, 0.2) is 0 Å². The molecule has 1 fully saturated rings. The molecule has 20 heavy (non-hydrogen) atoms. The highest BCUT2D eigenvalue weighted by Gasteiger charge is 2.25. The Morgan fingerprint density at radius 3 is 2.60 bits per heavy atom. The summed E-state index contributed by atoms with van der Waals surface area (Å²) in [5, 5.41) is 0. The molecular formula is C17H19N3. The van der Waals surface area contributed by atoms with Gasteiger partial charge in [-0.25, -0.2) is 4.98 Å². The molecule has 1 aromatic carbocycles. The molecule has 102 valence electrons. The number of hydrogen-bond acceptors (Lipinski definition) is 2. The predicted octanol–water partition coefficient (Wildman–Crippen LogP) is 3.42. The molecule has 3 rings (SSSR count). The van der Waals surface area contributed by atoms with E-state index in [0.717, 1.165) is 17.1 Å². The topological polar surface area (TPSA) is 43.8 Å². The summed E-state index contributed by atoms with van der Waals surface area (Å²) >= 11 is 0. The van der Waals surface area contributed by atoms with Crippen molar-refractivity contribution in [2.75, 3.05) is 5.73 Å². The number of rotatable bonds is 3. The average Bonchev–Trinajstić information content (AvgIpc) is 3.10. The van der Waals surface area contributed by atoms with E-state index in [-0.39, 0.29) is 0 Å². The summed E-state index contributed by atoms with van der Waals surface area (Å²) in [6.07, 6.45) is 10.4. The van der Waals surface area contributed by atoms with Crippen LogP contribution in [-0.2, 0) is 6.54 Å². The average molecular weight is 265 g/mol. The van der Waals surface area contributed by atoms with Gasteiger partial charge in [0.1, 0.15) is 17.3 Å². The second kappa shape index (κ2) is 5.42. The number of aromatic nitrogens is 2. The predicted molar refractivity (Wildman–Crippen MR) is 82.1 cm³/mol. The molecule has 1 aliphatic rings. The minimum Gasteiger partial charge on any atom is -0.383 e. The first-order valence-electron chi connectivity index (χ1n) is 7.16. The summed E-state index contributed by atoms with van der Waals surface area (Å²) in [6, 6.07) is 10.1. The van der Waals surface area contributed by atoms with Crippen molar-refractivity contribution in [3.8, 4) is 23.6 Å². The summed E-state index contributed by atoms with van der Waals surface area (Å²) in [5.74, 6) is 4.96. The van der Waals surface area contributed by atoms with Gasteiger partial charge in [0.2, 0.25) is 0 Å². The van der Waals surface area contributed by atoms with Crippen molar-refractivity contribution in [1.82, 2.24) is 9.55 Å². The fourth-order valence-electron chi connectivity index (χ4n) is 3.05. The van der Waals surface area contributed by atoms with Gasteiger partial charge >= 0.3 is 0 Å². The highest BCUT2D eigenvalue weighted by Crippen LogP contribution is 2.37. The zero-order chi connectivity index (χ0) is 13.9. The van der Waals surface area contributed by atoms with Crippen molar-refractivity contribution < 1.29 is 0 Å². The lowest BCUT2D eigenvalue weighted by Gasteiger charge is -2.11. The van der Waals surface area contributed by atoms with E-state index >= 15 is 0 Å². The quantitative estimate of drug-likeness (QED) is 0.864. The molecule has 1 aromatic heterocycles. The lowest BCUT2D eigenvalue weighted by Crippen LogP contribution is -2.09. The Morgan fingerprint density at radius 1 is 1.25 bits per heavy atom. The van der Waals surface area contributed by atoms with Crippen molar-refractivity contribution in [2.45, 2.75) is 38.1 Å². The molecule has 0 spiro atoms. The number of anilines is 1. The zero-order valence-corrected chi connectivity index (χ0v) is 11.5. The van der Waals surface area contributed by atoms with Crippen molar-refractivity contribution in [3.63, 3.8) is 0 Å². The molecule has 2 N–H and O–H groups in total. The first-order valence-corrected chi connectivity index (χ1v) is 7.16. The van der Waals surface area contributed by atoms with Crippen LogP contribution < -0.4 is 5.73 Å². The summed E-state index contributed by atoms with van der Waals surface area (Å²) < 4.78 is 2.01. The second-order valence-electron chi connectivity index (χ2n) is 5.34. The molecule has 1 heterocycles. The van der Waals surface area contributed by atoms with Crippen LogP contribution in [0.1, 0.15) is 37.4 Å². The van der Waals surface area contributed by atoms with Gasteiger partial charge in [-0.1, -0.05) is 49.1 Å². The van der Waals surface area contributed by atoms with Crippen LogP contribution in [0.25, 0.3) is 11.3 Å². The van der Waals surface area contributed by atoms with Crippen molar-refractivity contribution in [3.05, 3.63) is 36.2 Å². The van der Waals surface area contributed by atoms with Gasteiger partial charge < -0.3 is 10.3 Å². The fourth-order valence-corrected chi connectivity index (χ4v) is 3.05. The third-order valence-corrected chi connectivity index (χ3v) is 4.05. The summed E-state index contributed by atoms with van der Waals surface area (Å²) in [6.45, 7) is 0.498. The number of hydrogen-bond donors (Lipinski definition) is 1. The summed E-state index contributed by atoms with van der Waals surface area (Å²) in [4.78, 5) is 4.82. The van der Waals surface area contributed by atoms with Crippen molar-refractivity contribution >= 4 is 5.82 Å². The van der Waals surface area contributed by atoms with Gasteiger partial charge in [-0.05, 0) is 12.8 Å². The van der Waals surface area contributed by atoms with Crippen LogP contribution in [0.3, 0.4) is 0 Å². The molecule has 0 amide bonds. The maximum Gasteiger partial charge on any atom is 0.132 e. The zero-order valence-electron chi connectivity index (χ0n) is 11.5. The molecule has 0 saturated heterocycles. The number of terminal acetylenes is 1. The van der Waals surface area contributed by atoms with E-state index in [0.29, 0.717) is 18.3 Å². The highest BCUT2D eigenvalue weighted by atomic mass is 15.1. The Bertz CT molecular complexity index is 628. The van der Waals surface area contributed by atoms with Gasteiger partial charge in [0.05, 0.1) is 6.54 Å². The van der Waals surface area contributed by atoms with Crippen LogP contribution in [0.5, 0.6) is 0 Å². The van der Waals surface area contributed by atoms with E-state index in [1.165, 1.54) is 25.7 Å². The van der Waals surface area contributed by atoms with E-state index in [2.05, 4.69) is 5.92 Å². The van der Waals surface area contributed by atoms with Gasteiger partial charge in [-0.3, -0.25) is 0 Å². The molecule has 2 aromatic rings. The van der Waals surface area contributed by atoms with E-state index in [1.807, 2.05) is 34.9 Å². The molecule has 0 atom stereocenters. The van der Waals surface area contributed by atoms with Crippen LogP contribution >= 0.6 is 0 Å². The van der Waals surface area contributed by atoms with Gasteiger partial charge in [-0.2, -0.15) is 0 Å². The SMILES string of the molecule is C#CCn1c(C2CCCC2)nc(-c2ccccc2)c1N. The first kappa shape index (κ1) is 12.8. The first-order chi connectivity index (χ1) is 9.81. The van der Waals surface area contributed by atoms with Gasteiger partial charge in [0.25, 0.3) is 0 Å². The maximum absolute atomic E-state index is 6.29. The molecule has 0 unspecified atom stereocenters. The Hall–Kier alpha value is -2.21.